The van der Waals surface area contributed by atoms with Crippen LogP contribution >= 0.6 is 11.3 Å². The van der Waals surface area contributed by atoms with Gasteiger partial charge >= 0.3 is 0 Å². The lowest BCUT2D eigenvalue weighted by Crippen LogP contribution is -2.13. The van der Waals surface area contributed by atoms with E-state index in [1.165, 1.54) is 17.4 Å². The molecule has 26 heavy (non-hydrogen) atoms. The third kappa shape index (κ3) is 5.19. The number of ether oxygens (including phenoxy) is 2. The molecular formula is C20H22N2O3S. The third-order valence-electron chi connectivity index (χ3n) is 3.60. The summed E-state index contributed by atoms with van der Waals surface area (Å²) in [5.41, 5.74) is 2.19. The molecule has 1 aromatic carbocycles. The second-order valence-electron chi connectivity index (χ2n) is 6.66. The van der Waals surface area contributed by atoms with Crippen LogP contribution in [0.4, 0.5) is 5.00 Å². The zero-order valence-corrected chi connectivity index (χ0v) is 16.1. The average molecular weight is 370 g/mol. The van der Waals surface area contributed by atoms with Crippen molar-refractivity contribution >= 4 is 28.3 Å². The van der Waals surface area contributed by atoms with Gasteiger partial charge in [-0.25, -0.2) is 0 Å². The molecule has 0 radical (unpaired) electrons. The fraction of sp³-hybridized carbons (Fsp3) is 0.300. The van der Waals surface area contributed by atoms with E-state index in [1.54, 1.807) is 25.3 Å². The van der Waals surface area contributed by atoms with Crippen molar-refractivity contribution in [2.75, 3.05) is 19.2 Å². The van der Waals surface area contributed by atoms with Crippen molar-refractivity contribution in [3.63, 3.8) is 0 Å². The molecule has 1 aromatic heterocycles. The molecule has 0 bridgehead atoms. The number of benzene rings is 1. The molecule has 0 spiro atoms. The van der Waals surface area contributed by atoms with Crippen LogP contribution in [0, 0.1) is 11.3 Å². The first-order valence-electron chi connectivity index (χ1n) is 8.08. The maximum absolute atomic E-state index is 12.2. The van der Waals surface area contributed by atoms with Gasteiger partial charge in [0.1, 0.15) is 16.8 Å². The number of hydrogen-bond acceptors (Lipinski definition) is 5. The Balaban J connectivity index is 2.04. The predicted octanol–water partition coefficient (Wildman–Crippen LogP) is 4.55. The molecular weight excluding hydrogens is 348 g/mol. The molecule has 0 fully saturated rings. The van der Waals surface area contributed by atoms with Crippen LogP contribution in [0.25, 0.3) is 6.08 Å². The van der Waals surface area contributed by atoms with Crippen LogP contribution < -0.4 is 10.1 Å². The highest BCUT2D eigenvalue weighted by Gasteiger charge is 2.22. The Labute approximate surface area is 157 Å². The molecule has 1 heterocycles. The van der Waals surface area contributed by atoms with E-state index < -0.39 is 0 Å². The first-order valence-corrected chi connectivity index (χ1v) is 8.96. The lowest BCUT2D eigenvalue weighted by atomic mass is 9.86. The first kappa shape index (κ1) is 19.7. The van der Waals surface area contributed by atoms with E-state index in [9.17, 15) is 10.1 Å². The highest BCUT2D eigenvalue weighted by Crippen LogP contribution is 2.35. The van der Waals surface area contributed by atoms with E-state index in [-0.39, 0.29) is 18.1 Å². The molecule has 1 N–H and O–H groups in total. The fourth-order valence-electron chi connectivity index (χ4n) is 2.24. The Morgan fingerprint density at radius 3 is 2.58 bits per heavy atom. The van der Waals surface area contributed by atoms with Gasteiger partial charge in [0.15, 0.2) is 6.79 Å². The summed E-state index contributed by atoms with van der Waals surface area (Å²) in [5.74, 6) is 0.420. The number of thiophene rings is 1. The SMILES string of the molecule is COCOc1ccc(/C=C/C(=O)Nc2scc(C(C)(C)C)c2C#N)cc1. The highest BCUT2D eigenvalue weighted by molar-refractivity contribution is 7.14. The Hall–Kier alpha value is -2.62. The molecule has 0 aliphatic rings. The van der Waals surface area contributed by atoms with Crippen molar-refractivity contribution in [1.82, 2.24) is 0 Å². The van der Waals surface area contributed by atoms with Gasteiger partial charge in [0.05, 0.1) is 5.56 Å². The number of anilines is 1. The molecule has 0 saturated carbocycles. The lowest BCUT2D eigenvalue weighted by Gasteiger charge is -2.17. The van der Waals surface area contributed by atoms with Crippen molar-refractivity contribution in [2.24, 2.45) is 0 Å². The summed E-state index contributed by atoms with van der Waals surface area (Å²) in [7, 11) is 1.56. The van der Waals surface area contributed by atoms with Gasteiger partial charge in [-0.05, 0) is 40.1 Å². The number of nitrogens with one attached hydrogen (secondary N) is 1. The average Bonchev–Trinajstić information content (AvgIpc) is 3.02. The van der Waals surface area contributed by atoms with E-state index in [0.29, 0.717) is 16.3 Å². The molecule has 6 heteroatoms. The van der Waals surface area contributed by atoms with Gasteiger partial charge in [0.25, 0.3) is 0 Å². The Morgan fingerprint density at radius 2 is 2.00 bits per heavy atom. The highest BCUT2D eigenvalue weighted by atomic mass is 32.1. The Bertz CT molecular complexity index is 824. The summed E-state index contributed by atoms with van der Waals surface area (Å²) in [4.78, 5) is 12.2. The molecule has 0 atom stereocenters. The number of carbonyl (C=O) groups excluding carboxylic acids is 1. The Kier molecular flexibility index (Phi) is 6.56. The standard InChI is InChI=1S/C20H22N2O3S/c1-20(2,3)17-12-26-19(16(17)11-21)22-18(23)10-7-14-5-8-15(9-6-14)25-13-24-4/h5-10,12H,13H2,1-4H3,(H,22,23)/b10-7+. The first-order chi connectivity index (χ1) is 12.3. The second-order valence-corrected chi connectivity index (χ2v) is 7.54. The van der Waals surface area contributed by atoms with Crippen molar-refractivity contribution < 1.29 is 14.3 Å². The van der Waals surface area contributed by atoms with Gasteiger partial charge in [-0.15, -0.1) is 11.3 Å². The minimum absolute atomic E-state index is 0.146. The smallest absolute Gasteiger partial charge is 0.249 e. The second kappa shape index (κ2) is 8.65. The number of methoxy groups -OCH3 is 1. The number of nitriles is 1. The number of nitrogens with zero attached hydrogens (tertiary/aromatic N) is 1. The van der Waals surface area contributed by atoms with Gasteiger partial charge in [-0.2, -0.15) is 5.26 Å². The normalized spacial score (nSPS) is 11.3. The summed E-state index contributed by atoms with van der Waals surface area (Å²) in [6.07, 6.45) is 3.16. The van der Waals surface area contributed by atoms with Gasteiger partial charge < -0.3 is 14.8 Å². The van der Waals surface area contributed by atoms with Crippen molar-refractivity contribution in [1.29, 1.82) is 5.26 Å². The zero-order chi connectivity index (χ0) is 19.2. The van der Waals surface area contributed by atoms with E-state index in [2.05, 4.69) is 11.4 Å². The molecule has 2 aromatic rings. The fourth-order valence-corrected chi connectivity index (χ4v) is 3.38. The summed E-state index contributed by atoms with van der Waals surface area (Å²) >= 11 is 1.37. The van der Waals surface area contributed by atoms with Crippen LogP contribution in [0.3, 0.4) is 0 Å². The summed E-state index contributed by atoms with van der Waals surface area (Å²) in [6.45, 7) is 6.32. The number of rotatable bonds is 6. The molecule has 1 amide bonds. The van der Waals surface area contributed by atoms with E-state index in [0.717, 1.165) is 11.1 Å². The van der Waals surface area contributed by atoms with Gasteiger partial charge in [-0.3, -0.25) is 4.79 Å². The summed E-state index contributed by atoms with van der Waals surface area (Å²) in [5, 5.41) is 14.7. The molecule has 136 valence electrons. The van der Waals surface area contributed by atoms with Crippen LogP contribution in [0.15, 0.2) is 35.7 Å². The number of hydrogen-bond donors (Lipinski definition) is 1. The quantitative estimate of drug-likeness (QED) is 0.598. The molecule has 0 saturated heterocycles. The maximum Gasteiger partial charge on any atom is 0.249 e. The van der Waals surface area contributed by atoms with Crippen molar-refractivity contribution in [3.8, 4) is 11.8 Å². The topological polar surface area (TPSA) is 71.3 Å². The monoisotopic (exact) mass is 370 g/mol. The molecule has 0 aliphatic heterocycles. The van der Waals surface area contributed by atoms with E-state index in [4.69, 9.17) is 9.47 Å². The van der Waals surface area contributed by atoms with Crippen molar-refractivity contribution in [2.45, 2.75) is 26.2 Å². The zero-order valence-electron chi connectivity index (χ0n) is 15.3. The Morgan fingerprint density at radius 1 is 1.31 bits per heavy atom. The third-order valence-corrected chi connectivity index (χ3v) is 4.49. The minimum Gasteiger partial charge on any atom is -0.468 e. The van der Waals surface area contributed by atoms with Gasteiger partial charge in [0.2, 0.25) is 5.91 Å². The van der Waals surface area contributed by atoms with Crippen LogP contribution in [0.2, 0.25) is 0 Å². The molecule has 0 aliphatic carbocycles. The van der Waals surface area contributed by atoms with Crippen LogP contribution in [0.1, 0.15) is 37.5 Å². The number of amides is 1. The molecule has 0 unspecified atom stereocenters. The van der Waals surface area contributed by atoms with Gasteiger partial charge in [-0.1, -0.05) is 32.9 Å². The van der Waals surface area contributed by atoms with E-state index >= 15 is 0 Å². The predicted molar refractivity (Wildman–Crippen MR) is 104 cm³/mol. The van der Waals surface area contributed by atoms with Gasteiger partial charge in [0, 0.05) is 13.2 Å². The van der Waals surface area contributed by atoms with Crippen molar-refractivity contribution in [3.05, 3.63) is 52.4 Å². The van der Waals surface area contributed by atoms with Crippen LogP contribution in [-0.2, 0) is 14.9 Å². The number of carbonyl (C=O) groups is 1. The molecule has 5 nitrogen and oxygen atoms in total. The lowest BCUT2D eigenvalue weighted by molar-refractivity contribution is -0.111. The largest absolute Gasteiger partial charge is 0.468 e. The van der Waals surface area contributed by atoms with Crippen LogP contribution in [0.5, 0.6) is 5.75 Å². The summed E-state index contributed by atoms with van der Waals surface area (Å²) in [6, 6.07) is 9.50. The minimum atomic E-state index is -0.275. The van der Waals surface area contributed by atoms with Crippen LogP contribution in [-0.4, -0.2) is 19.8 Å². The maximum atomic E-state index is 12.2. The summed E-state index contributed by atoms with van der Waals surface area (Å²) < 4.78 is 10.2. The van der Waals surface area contributed by atoms with E-state index in [1.807, 2.05) is 38.3 Å². The molecule has 2 rings (SSSR count).